The van der Waals surface area contributed by atoms with E-state index in [2.05, 4.69) is 41.0 Å². The maximum Gasteiger partial charge on any atom is 0.161 e. The summed E-state index contributed by atoms with van der Waals surface area (Å²) in [7, 11) is 0. The van der Waals surface area contributed by atoms with Gasteiger partial charge in [-0.25, -0.2) is 0 Å². The fraction of sp³-hybridized carbons (Fsp3) is 0.571. The van der Waals surface area contributed by atoms with Crippen LogP contribution in [-0.2, 0) is 6.54 Å². The number of thioether (sulfide) groups is 2. The van der Waals surface area contributed by atoms with Gasteiger partial charge in [-0.3, -0.25) is 0 Å². The van der Waals surface area contributed by atoms with Gasteiger partial charge in [-0.05, 0) is 17.7 Å². The number of nitrogens with one attached hydrogen (secondary N) is 1. The Morgan fingerprint density at radius 2 is 2.05 bits per heavy atom. The maximum absolute atomic E-state index is 5.60. The van der Waals surface area contributed by atoms with Crippen LogP contribution in [0.25, 0.3) is 0 Å². The van der Waals surface area contributed by atoms with E-state index in [1.807, 2.05) is 6.07 Å². The number of fused-ring (bicyclic) bond motifs is 1. The summed E-state index contributed by atoms with van der Waals surface area (Å²) in [6, 6.07) is 6.21. The van der Waals surface area contributed by atoms with Gasteiger partial charge in [0.25, 0.3) is 0 Å². The Labute approximate surface area is 122 Å². The van der Waals surface area contributed by atoms with Crippen molar-refractivity contribution in [2.45, 2.75) is 11.8 Å². The minimum absolute atomic E-state index is 0.653. The molecule has 1 atom stereocenters. The molecule has 0 saturated carbocycles. The quantitative estimate of drug-likeness (QED) is 0.922. The van der Waals surface area contributed by atoms with Crippen molar-refractivity contribution in [3.05, 3.63) is 23.8 Å². The van der Waals surface area contributed by atoms with Crippen molar-refractivity contribution in [1.29, 1.82) is 0 Å². The van der Waals surface area contributed by atoms with Crippen molar-refractivity contribution in [2.75, 3.05) is 37.0 Å². The molecule has 0 aromatic heterocycles. The minimum Gasteiger partial charge on any atom is -0.486 e. The Balaban J connectivity index is 1.49. The Bertz CT molecular complexity index is 422. The number of rotatable bonds is 4. The highest BCUT2D eigenvalue weighted by Crippen LogP contribution is 2.30. The summed E-state index contributed by atoms with van der Waals surface area (Å²) in [5, 5.41) is 4.31. The van der Waals surface area contributed by atoms with E-state index < -0.39 is 0 Å². The molecule has 1 unspecified atom stereocenters. The van der Waals surface area contributed by atoms with E-state index in [0.29, 0.717) is 13.2 Å². The van der Waals surface area contributed by atoms with E-state index in [-0.39, 0.29) is 0 Å². The lowest BCUT2D eigenvalue weighted by Gasteiger charge is -2.22. The van der Waals surface area contributed by atoms with E-state index in [1.165, 1.54) is 22.8 Å². The first-order chi connectivity index (χ1) is 9.42. The van der Waals surface area contributed by atoms with Crippen LogP contribution in [0, 0.1) is 0 Å². The minimum atomic E-state index is 0.653. The largest absolute Gasteiger partial charge is 0.486 e. The SMILES string of the molecule is c1cc2c(cc1CNCC1CSCCS1)OCCO2. The Morgan fingerprint density at radius 3 is 2.89 bits per heavy atom. The summed E-state index contributed by atoms with van der Waals surface area (Å²) in [6.45, 7) is 3.30. The van der Waals surface area contributed by atoms with Crippen molar-refractivity contribution < 1.29 is 9.47 Å². The summed E-state index contributed by atoms with van der Waals surface area (Å²) in [5.41, 5.74) is 1.26. The molecule has 0 aliphatic carbocycles. The molecule has 19 heavy (non-hydrogen) atoms. The van der Waals surface area contributed by atoms with Gasteiger partial charge >= 0.3 is 0 Å². The van der Waals surface area contributed by atoms with Crippen LogP contribution in [0.4, 0.5) is 0 Å². The number of benzene rings is 1. The van der Waals surface area contributed by atoms with Crippen molar-refractivity contribution in [1.82, 2.24) is 5.32 Å². The molecule has 3 nitrogen and oxygen atoms in total. The molecule has 5 heteroatoms. The molecule has 1 aromatic carbocycles. The van der Waals surface area contributed by atoms with E-state index >= 15 is 0 Å². The predicted molar refractivity (Wildman–Crippen MR) is 82.7 cm³/mol. The molecule has 0 amide bonds. The van der Waals surface area contributed by atoms with Crippen LogP contribution in [0.5, 0.6) is 11.5 Å². The van der Waals surface area contributed by atoms with Gasteiger partial charge in [0, 0.05) is 35.6 Å². The van der Waals surface area contributed by atoms with E-state index in [1.54, 1.807) is 0 Å². The predicted octanol–water partition coefficient (Wildman–Crippen LogP) is 2.40. The van der Waals surface area contributed by atoms with Gasteiger partial charge in [0.2, 0.25) is 0 Å². The normalized spacial score (nSPS) is 22.2. The molecule has 2 heterocycles. The average Bonchev–Trinajstić information content (AvgIpc) is 2.48. The topological polar surface area (TPSA) is 30.5 Å². The lowest BCUT2D eigenvalue weighted by molar-refractivity contribution is 0.171. The van der Waals surface area contributed by atoms with Gasteiger partial charge < -0.3 is 14.8 Å². The van der Waals surface area contributed by atoms with Gasteiger partial charge in [0.1, 0.15) is 13.2 Å². The van der Waals surface area contributed by atoms with Gasteiger partial charge in [0.05, 0.1) is 0 Å². The zero-order valence-corrected chi connectivity index (χ0v) is 12.5. The second-order valence-electron chi connectivity index (χ2n) is 4.68. The first-order valence-corrected chi connectivity index (χ1v) is 8.91. The third-order valence-corrected chi connectivity index (χ3v) is 6.04. The van der Waals surface area contributed by atoms with Gasteiger partial charge in [0.15, 0.2) is 11.5 Å². The molecule has 2 aliphatic heterocycles. The van der Waals surface area contributed by atoms with Gasteiger partial charge in [-0.2, -0.15) is 23.5 Å². The molecule has 1 saturated heterocycles. The molecule has 1 fully saturated rings. The number of hydrogen-bond donors (Lipinski definition) is 1. The Morgan fingerprint density at radius 1 is 1.16 bits per heavy atom. The highest BCUT2D eigenvalue weighted by molar-refractivity contribution is 8.06. The fourth-order valence-corrected chi connectivity index (χ4v) is 4.88. The zero-order chi connectivity index (χ0) is 12.9. The molecule has 2 aliphatic rings. The fourth-order valence-electron chi connectivity index (χ4n) is 2.23. The Kier molecular flexibility index (Phi) is 4.80. The van der Waals surface area contributed by atoms with Crippen LogP contribution < -0.4 is 14.8 Å². The van der Waals surface area contributed by atoms with Crippen molar-refractivity contribution in [3.63, 3.8) is 0 Å². The third-order valence-electron chi connectivity index (χ3n) is 3.19. The van der Waals surface area contributed by atoms with Crippen LogP contribution >= 0.6 is 23.5 Å². The molecule has 104 valence electrons. The summed E-state index contributed by atoms with van der Waals surface area (Å²) in [5.74, 6) is 5.63. The molecule has 0 bridgehead atoms. The van der Waals surface area contributed by atoms with Crippen LogP contribution in [0.2, 0.25) is 0 Å². The lowest BCUT2D eigenvalue weighted by atomic mass is 10.2. The van der Waals surface area contributed by atoms with Gasteiger partial charge in [-0.1, -0.05) is 6.07 Å². The molecule has 1 N–H and O–H groups in total. The van der Waals surface area contributed by atoms with Crippen molar-refractivity contribution in [3.8, 4) is 11.5 Å². The van der Waals surface area contributed by atoms with E-state index in [0.717, 1.165) is 29.8 Å². The molecule has 0 radical (unpaired) electrons. The van der Waals surface area contributed by atoms with E-state index in [4.69, 9.17) is 9.47 Å². The standard InChI is InChI=1S/C14H19NO2S2/c1-2-13-14(17-4-3-16-13)7-11(1)8-15-9-12-10-18-5-6-19-12/h1-2,7,12,15H,3-6,8-10H2. The van der Waals surface area contributed by atoms with E-state index in [9.17, 15) is 0 Å². The highest BCUT2D eigenvalue weighted by atomic mass is 32.2. The second kappa shape index (κ2) is 6.77. The second-order valence-corrected chi connectivity index (χ2v) is 7.23. The van der Waals surface area contributed by atoms with Crippen LogP contribution in [0.1, 0.15) is 5.56 Å². The zero-order valence-electron chi connectivity index (χ0n) is 10.9. The van der Waals surface area contributed by atoms with Crippen LogP contribution in [0.15, 0.2) is 18.2 Å². The van der Waals surface area contributed by atoms with Crippen molar-refractivity contribution in [2.24, 2.45) is 0 Å². The summed E-state index contributed by atoms with van der Waals surface area (Å²) in [4.78, 5) is 0. The maximum atomic E-state index is 5.60. The third kappa shape index (κ3) is 3.74. The van der Waals surface area contributed by atoms with Crippen LogP contribution in [0.3, 0.4) is 0 Å². The Hall–Kier alpha value is -0.520. The molecule has 1 aromatic rings. The first kappa shape index (κ1) is 13.5. The number of ether oxygens (including phenoxy) is 2. The molecule has 3 rings (SSSR count). The average molecular weight is 297 g/mol. The summed E-state index contributed by atoms with van der Waals surface area (Å²) >= 11 is 4.16. The monoisotopic (exact) mass is 297 g/mol. The van der Waals surface area contributed by atoms with Gasteiger partial charge in [-0.15, -0.1) is 0 Å². The smallest absolute Gasteiger partial charge is 0.161 e. The van der Waals surface area contributed by atoms with Crippen molar-refractivity contribution >= 4 is 23.5 Å². The molecular weight excluding hydrogens is 278 g/mol. The highest BCUT2D eigenvalue weighted by Gasteiger charge is 2.14. The molecule has 0 spiro atoms. The summed E-state index contributed by atoms with van der Waals surface area (Å²) in [6.07, 6.45) is 0. The first-order valence-electron chi connectivity index (χ1n) is 6.70. The summed E-state index contributed by atoms with van der Waals surface area (Å²) < 4.78 is 11.1. The number of hydrogen-bond acceptors (Lipinski definition) is 5. The lowest BCUT2D eigenvalue weighted by Crippen LogP contribution is -2.28. The van der Waals surface area contributed by atoms with Crippen LogP contribution in [-0.4, -0.2) is 42.3 Å². The molecular formula is C14H19NO2S2.